The van der Waals surface area contributed by atoms with Crippen LogP contribution in [0.5, 0.6) is 23.0 Å². The molecule has 8 heteroatoms. The molecule has 0 fully saturated rings. The van der Waals surface area contributed by atoms with Crippen molar-refractivity contribution in [2.75, 3.05) is 21.3 Å². The predicted octanol–water partition coefficient (Wildman–Crippen LogP) is 3.92. The van der Waals surface area contributed by atoms with Crippen LogP contribution in [0.25, 0.3) is 0 Å². The zero-order valence-corrected chi connectivity index (χ0v) is 17.2. The third-order valence-electron chi connectivity index (χ3n) is 3.60. The Kier molecular flexibility index (Phi) is 7.52. The number of hydrazone groups is 1. The van der Waals surface area contributed by atoms with E-state index in [1.165, 1.54) is 27.5 Å². The van der Waals surface area contributed by atoms with Crippen LogP contribution in [0.4, 0.5) is 0 Å². The van der Waals surface area contributed by atoms with E-state index in [-0.39, 0.29) is 6.10 Å². The van der Waals surface area contributed by atoms with E-state index in [1.807, 2.05) is 13.8 Å². The molecule has 7 nitrogen and oxygen atoms in total. The molecular formula is C20H23ClN2O5. The third kappa shape index (κ3) is 5.53. The van der Waals surface area contributed by atoms with Crippen molar-refractivity contribution in [1.29, 1.82) is 0 Å². The van der Waals surface area contributed by atoms with Crippen molar-refractivity contribution >= 4 is 23.7 Å². The van der Waals surface area contributed by atoms with Crippen LogP contribution in [0, 0.1) is 0 Å². The van der Waals surface area contributed by atoms with Gasteiger partial charge in [0.2, 0.25) is 0 Å². The largest absolute Gasteiger partial charge is 0.497 e. The number of carbonyl (C=O) groups is 1. The first kappa shape index (κ1) is 21.4. The Morgan fingerprint density at radius 1 is 1.04 bits per heavy atom. The average Bonchev–Trinajstić information content (AvgIpc) is 2.68. The standard InChI is InChI=1S/C20H23ClN2O5/c1-12(2)28-19-17(21)6-13(7-18(19)27-5)11-22-23-20(24)14-8-15(25-3)10-16(9-14)26-4/h6-12H,1-5H3,(H,23,24)/b22-11-. The first-order valence-corrected chi connectivity index (χ1v) is 8.86. The number of nitrogens with zero attached hydrogens (tertiary/aromatic N) is 1. The number of ether oxygens (including phenoxy) is 4. The van der Waals surface area contributed by atoms with Gasteiger partial charge in [0.1, 0.15) is 11.5 Å². The van der Waals surface area contributed by atoms with Gasteiger partial charge in [0.15, 0.2) is 11.5 Å². The number of nitrogens with one attached hydrogen (secondary N) is 1. The summed E-state index contributed by atoms with van der Waals surface area (Å²) in [5.41, 5.74) is 3.45. The number of rotatable bonds is 8. The number of hydrogen-bond donors (Lipinski definition) is 1. The second kappa shape index (κ2) is 9.85. The summed E-state index contributed by atoms with van der Waals surface area (Å²) in [5.74, 6) is 1.54. The van der Waals surface area contributed by atoms with E-state index in [0.29, 0.717) is 39.1 Å². The Morgan fingerprint density at radius 3 is 2.21 bits per heavy atom. The van der Waals surface area contributed by atoms with E-state index in [4.69, 9.17) is 30.5 Å². The van der Waals surface area contributed by atoms with Crippen molar-refractivity contribution in [1.82, 2.24) is 5.43 Å². The molecule has 0 bridgehead atoms. The molecule has 2 aromatic carbocycles. The highest BCUT2D eigenvalue weighted by Crippen LogP contribution is 2.36. The van der Waals surface area contributed by atoms with Crippen molar-refractivity contribution < 1.29 is 23.7 Å². The third-order valence-corrected chi connectivity index (χ3v) is 3.88. The fourth-order valence-corrected chi connectivity index (χ4v) is 2.60. The first-order chi connectivity index (χ1) is 13.4. The predicted molar refractivity (Wildman–Crippen MR) is 108 cm³/mol. The van der Waals surface area contributed by atoms with Crippen molar-refractivity contribution in [2.24, 2.45) is 5.10 Å². The number of amides is 1. The Bertz CT molecular complexity index is 846. The molecule has 0 aliphatic rings. The summed E-state index contributed by atoms with van der Waals surface area (Å²) in [5, 5.41) is 4.36. The molecular weight excluding hydrogens is 384 g/mol. The lowest BCUT2D eigenvalue weighted by Crippen LogP contribution is -2.17. The van der Waals surface area contributed by atoms with Gasteiger partial charge >= 0.3 is 0 Å². The monoisotopic (exact) mass is 406 g/mol. The van der Waals surface area contributed by atoms with E-state index in [0.717, 1.165) is 0 Å². The SMILES string of the molecule is COc1cc(OC)cc(C(=O)N/N=C\c2cc(Cl)c(OC(C)C)c(OC)c2)c1. The van der Waals surface area contributed by atoms with Crippen LogP contribution in [0.1, 0.15) is 29.8 Å². The molecule has 2 rings (SSSR count). The van der Waals surface area contributed by atoms with Crippen LogP contribution in [0.2, 0.25) is 5.02 Å². The van der Waals surface area contributed by atoms with Gasteiger partial charge in [-0.2, -0.15) is 5.10 Å². The van der Waals surface area contributed by atoms with E-state index in [1.54, 1.807) is 30.3 Å². The van der Waals surface area contributed by atoms with E-state index < -0.39 is 5.91 Å². The zero-order chi connectivity index (χ0) is 20.7. The Labute approximate surface area is 169 Å². The minimum Gasteiger partial charge on any atom is -0.497 e. The molecule has 0 unspecified atom stereocenters. The van der Waals surface area contributed by atoms with Gasteiger partial charge in [0.05, 0.1) is 38.7 Å². The average molecular weight is 407 g/mol. The first-order valence-electron chi connectivity index (χ1n) is 8.48. The number of carbonyl (C=O) groups excluding carboxylic acids is 1. The lowest BCUT2D eigenvalue weighted by Gasteiger charge is -2.15. The van der Waals surface area contributed by atoms with Crippen LogP contribution in [-0.4, -0.2) is 39.6 Å². The lowest BCUT2D eigenvalue weighted by molar-refractivity contribution is 0.0954. The summed E-state index contributed by atoms with van der Waals surface area (Å²) >= 11 is 6.28. The van der Waals surface area contributed by atoms with Crippen LogP contribution in [0.3, 0.4) is 0 Å². The molecule has 2 aromatic rings. The van der Waals surface area contributed by atoms with E-state index in [2.05, 4.69) is 10.5 Å². The lowest BCUT2D eigenvalue weighted by atomic mass is 10.2. The molecule has 28 heavy (non-hydrogen) atoms. The van der Waals surface area contributed by atoms with Crippen LogP contribution in [-0.2, 0) is 0 Å². The van der Waals surface area contributed by atoms with Gasteiger partial charge < -0.3 is 18.9 Å². The normalized spacial score (nSPS) is 10.8. The summed E-state index contributed by atoms with van der Waals surface area (Å²) in [7, 11) is 4.55. The van der Waals surface area contributed by atoms with E-state index in [9.17, 15) is 4.79 Å². The maximum absolute atomic E-state index is 12.3. The molecule has 0 saturated heterocycles. The summed E-state index contributed by atoms with van der Waals surface area (Å²) < 4.78 is 21.3. The second-order valence-electron chi connectivity index (χ2n) is 6.00. The molecule has 1 N–H and O–H groups in total. The molecule has 0 aromatic heterocycles. The zero-order valence-electron chi connectivity index (χ0n) is 16.4. The Balaban J connectivity index is 2.16. The highest BCUT2D eigenvalue weighted by atomic mass is 35.5. The minimum absolute atomic E-state index is 0.0509. The molecule has 0 aliphatic carbocycles. The van der Waals surface area contributed by atoms with Crippen LogP contribution in [0.15, 0.2) is 35.4 Å². The van der Waals surface area contributed by atoms with Gasteiger partial charge in [0.25, 0.3) is 5.91 Å². The molecule has 1 amide bonds. The van der Waals surface area contributed by atoms with Gasteiger partial charge in [0, 0.05) is 11.6 Å². The topological polar surface area (TPSA) is 78.4 Å². The van der Waals surface area contributed by atoms with Crippen LogP contribution >= 0.6 is 11.6 Å². The van der Waals surface area contributed by atoms with Gasteiger partial charge in [-0.3, -0.25) is 4.79 Å². The molecule has 0 radical (unpaired) electrons. The Hall–Kier alpha value is -2.93. The number of benzene rings is 2. The Morgan fingerprint density at radius 2 is 1.68 bits per heavy atom. The smallest absolute Gasteiger partial charge is 0.271 e. The highest BCUT2D eigenvalue weighted by Gasteiger charge is 2.13. The van der Waals surface area contributed by atoms with Gasteiger partial charge in [-0.15, -0.1) is 0 Å². The molecule has 0 aliphatic heterocycles. The number of hydrogen-bond acceptors (Lipinski definition) is 6. The fraction of sp³-hybridized carbons (Fsp3) is 0.300. The summed E-state index contributed by atoms with van der Waals surface area (Å²) in [4.78, 5) is 12.3. The fourth-order valence-electron chi connectivity index (χ4n) is 2.33. The van der Waals surface area contributed by atoms with Crippen molar-refractivity contribution in [3.05, 3.63) is 46.5 Å². The van der Waals surface area contributed by atoms with Crippen molar-refractivity contribution in [2.45, 2.75) is 20.0 Å². The highest BCUT2D eigenvalue weighted by molar-refractivity contribution is 6.32. The molecule has 0 saturated carbocycles. The quantitative estimate of drug-likeness (QED) is 0.531. The van der Waals surface area contributed by atoms with Gasteiger partial charge in [-0.1, -0.05) is 11.6 Å². The van der Waals surface area contributed by atoms with Crippen LogP contribution < -0.4 is 24.4 Å². The van der Waals surface area contributed by atoms with Gasteiger partial charge in [-0.25, -0.2) is 5.43 Å². The molecule has 150 valence electrons. The second-order valence-corrected chi connectivity index (χ2v) is 6.41. The number of halogens is 1. The maximum Gasteiger partial charge on any atom is 0.271 e. The molecule has 0 heterocycles. The molecule has 0 spiro atoms. The van der Waals surface area contributed by atoms with Crippen molar-refractivity contribution in [3.63, 3.8) is 0 Å². The summed E-state index contributed by atoms with van der Waals surface area (Å²) in [6.07, 6.45) is 1.41. The van der Waals surface area contributed by atoms with Crippen molar-refractivity contribution in [3.8, 4) is 23.0 Å². The maximum atomic E-state index is 12.3. The minimum atomic E-state index is -0.411. The summed E-state index contributed by atoms with van der Waals surface area (Å²) in [6.45, 7) is 3.79. The number of methoxy groups -OCH3 is 3. The van der Waals surface area contributed by atoms with E-state index >= 15 is 0 Å². The van der Waals surface area contributed by atoms with Gasteiger partial charge in [-0.05, 0) is 43.7 Å². The summed E-state index contributed by atoms with van der Waals surface area (Å²) in [6, 6.07) is 8.24. The molecule has 0 atom stereocenters.